The van der Waals surface area contributed by atoms with Gasteiger partial charge in [0.15, 0.2) is 24.5 Å². The number of carbonyl (C=O) groups excluding carboxylic acids is 2. The van der Waals surface area contributed by atoms with E-state index in [1.165, 1.54) is 20.6 Å². The van der Waals surface area contributed by atoms with Crippen molar-refractivity contribution in [1.82, 2.24) is 4.98 Å². The molecule has 1 aromatic heterocycles. The van der Waals surface area contributed by atoms with Crippen molar-refractivity contribution in [2.24, 2.45) is 0 Å². The molecule has 0 radical (unpaired) electrons. The molecule has 2 rings (SSSR count). The number of hydrogen-bond acceptors (Lipinski definition) is 7. The molecule has 110 valence electrons. The molecule has 2 aromatic rings. The highest BCUT2D eigenvalue weighted by Crippen LogP contribution is 2.25. The van der Waals surface area contributed by atoms with Gasteiger partial charge in [-0.1, -0.05) is 0 Å². The van der Waals surface area contributed by atoms with Crippen molar-refractivity contribution in [1.29, 1.82) is 0 Å². The molecule has 0 N–H and O–H groups in total. The molecule has 7 heteroatoms. The number of nitrogens with zero attached hydrogens (tertiary/aromatic N) is 1. The molecule has 1 heterocycles. The maximum absolute atomic E-state index is 11.5. The van der Waals surface area contributed by atoms with Crippen LogP contribution >= 0.6 is 0 Å². The van der Waals surface area contributed by atoms with Crippen LogP contribution in [0, 0.1) is 0 Å². The second kappa shape index (κ2) is 6.56. The summed E-state index contributed by atoms with van der Waals surface area (Å²) in [6.45, 7) is -0.175. The predicted molar refractivity (Wildman–Crippen MR) is 70.8 cm³/mol. The molecule has 0 aliphatic heterocycles. The molecular formula is C14H13NO6. The molecular weight excluding hydrogens is 278 g/mol. The van der Waals surface area contributed by atoms with Gasteiger partial charge in [-0.25, -0.2) is 14.6 Å². The summed E-state index contributed by atoms with van der Waals surface area (Å²) in [6.07, 6.45) is 1.17. The van der Waals surface area contributed by atoms with Crippen LogP contribution in [0.25, 0.3) is 11.3 Å². The summed E-state index contributed by atoms with van der Waals surface area (Å²) >= 11 is 0. The van der Waals surface area contributed by atoms with Crippen LogP contribution in [0.5, 0.6) is 5.75 Å². The third-order valence-corrected chi connectivity index (χ3v) is 2.65. The number of esters is 2. The van der Waals surface area contributed by atoms with Crippen LogP contribution in [0.2, 0.25) is 0 Å². The normalized spacial score (nSPS) is 10.0. The topological polar surface area (TPSA) is 87.9 Å². The van der Waals surface area contributed by atoms with E-state index in [-0.39, 0.29) is 12.3 Å². The van der Waals surface area contributed by atoms with Gasteiger partial charge in [0, 0.05) is 5.56 Å². The summed E-state index contributed by atoms with van der Waals surface area (Å²) in [4.78, 5) is 26.3. The highest BCUT2D eigenvalue weighted by atomic mass is 16.6. The molecule has 21 heavy (non-hydrogen) atoms. The number of oxazole rings is 1. The molecule has 0 atom stereocenters. The zero-order valence-corrected chi connectivity index (χ0v) is 11.5. The van der Waals surface area contributed by atoms with E-state index in [0.29, 0.717) is 17.1 Å². The lowest BCUT2D eigenvalue weighted by Crippen LogP contribution is -2.12. The largest absolute Gasteiger partial charge is 0.482 e. The lowest BCUT2D eigenvalue weighted by Gasteiger charge is -2.05. The maximum Gasteiger partial charge on any atom is 0.360 e. The first kappa shape index (κ1) is 14.6. The van der Waals surface area contributed by atoms with Gasteiger partial charge in [-0.2, -0.15) is 0 Å². The average Bonchev–Trinajstić information content (AvgIpc) is 3.01. The smallest absolute Gasteiger partial charge is 0.360 e. The van der Waals surface area contributed by atoms with E-state index in [4.69, 9.17) is 9.15 Å². The van der Waals surface area contributed by atoms with Gasteiger partial charge in [-0.05, 0) is 24.3 Å². The van der Waals surface area contributed by atoms with Crippen LogP contribution in [-0.4, -0.2) is 37.7 Å². The summed E-state index contributed by atoms with van der Waals surface area (Å²) in [7, 11) is 2.55. The van der Waals surface area contributed by atoms with Crippen molar-refractivity contribution in [3.8, 4) is 17.1 Å². The number of ether oxygens (including phenoxy) is 3. The van der Waals surface area contributed by atoms with Crippen LogP contribution < -0.4 is 4.74 Å². The second-order valence-electron chi connectivity index (χ2n) is 3.91. The molecule has 0 saturated carbocycles. The van der Waals surface area contributed by atoms with E-state index in [2.05, 4.69) is 14.5 Å². The minimum atomic E-state index is -0.579. The first-order valence-electron chi connectivity index (χ1n) is 5.97. The quantitative estimate of drug-likeness (QED) is 0.774. The maximum atomic E-state index is 11.5. The number of hydrogen-bond donors (Lipinski definition) is 0. The van der Waals surface area contributed by atoms with Crippen molar-refractivity contribution in [2.45, 2.75) is 0 Å². The molecule has 0 bridgehead atoms. The third kappa shape index (κ3) is 3.38. The minimum absolute atomic E-state index is 0.0979. The van der Waals surface area contributed by atoms with E-state index in [1.54, 1.807) is 24.3 Å². The highest BCUT2D eigenvalue weighted by Gasteiger charge is 2.18. The van der Waals surface area contributed by atoms with Crippen LogP contribution in [0.1, 0.15) is 10.5 Å². The van der Waals surface area contributed by atoms with E-state index >= 15 is 0 Å². The first-order valence-corrected chi connectivity index (χ1v) is 5.97. The molecule has 1 aromatic carbocycles. The van der Waals surface area contributed by atoms with Gasteiger partial charge in [0.25, 0.3) is 0 Å². The Labute approximate surface area is 120 Å². The Kier molecular flexibility index (Phi) is 4.55. The molecule has 0 spiro atoms. The Morgan fingerprint density at radius 1 is 1.14 bits per heavy atom. The Morgan fingerprint density at radius 2 is 1.86 bits per heavy atom. The fraction of sp³-hybridized carbons (Fsp3) is 0.214. The Balaban J connectivity index is 2.14. The van der Waals surface area contributed by atoms with Crippen LogP contribution in [0.15, 0.2) is 35.1 Å². The number of methoxy groups -OCH3 is 2. The average molecular weight is 291 g/mol. The van der Waals surface area contributed by atoms with Crippen LogP contribution in [-0.2, 0) is 14.3 Å². The summed E-state index contributed by atoms with van der Waals surface area (Å²) in [5.74, 6) is -0.253. The Hall–Kier alpha value is -2.83. The minimum Gasteiger partial charge on any atom is -0.482 e. The van der Waals surface area contributed by atoms with Crippen molar-refractivity contribution in [2.75, 3.05) is 20.8 Å². The van der Waals surface area contributed by atoms with Crippen molar-refractivity contribution >= 4 is 11.9 Å². The van der Waals surface area contributed by atoms with Crippen molar-refractivity contribution < 1.29 is 28.2 Å². The molecule has 0 fully saturated rings. The summed E-state index contributed by atoms with van der Waals surface area (Å²) < 4.78 is 19.5. The molecule has 0 saturated heterocycles. The zero-order chi connectivity index (χ0) is 15.2. The van der Waals surface area contributed by atoms with Crippen molar-refractivity contribution in [3.63, 3.8) is 0 Å². The molecule has 0 aliphatic carbocycles. The lowest BCUT2D eigenvalue weighted by atomic mass is 10.1. The SMILES string of the molecule is COC(=O)COc1ccc(-c2ocnc2C(=O)OC)cc1. The lowest BCUT2D eigenvalue weighted by molar-refractivity contribution is -0.142. The number of carbonyl (C=O) groups is 2. The number of benzene rings is 1. The molecule has 0 aliphatic rings. The standard InChI is InChI=1S/C14H13NO6/c1-18-11(16)7-20-10-5-3-9(4-6-10)13-12(14(17)19-2)15-8-21-13/h3-6,8H,7H2,1-2H3. The van der Waals surface area contributed by atoms with E-state index in [0.717, 1.165) is 0 Å². The van der Waals surface area contributed by atoms with Gasteiger partial charge in [0.1, 0.15) is 5.75 Å². The van der Waals surface area contributed by atoms with Crippen molar-refractivity contribution in [3.05, 3.63) is 36.4 Å². The zero-order valence-electron chi connectivity index (χ0n) is 11.5. The fourth-order valence-corrected chi connectivity index (χ4v) is 1.60. The molecule has 0 unspecified atom stereocenters. The van der Waals surface area contributed by atoms with Gasteiger partial charge >= 0.3 is 11.9 Å². The van der Waals surface area contributed by atoms with E-state index in [1.807, 2.05) is 0 Å². The Bertz CT molecular complexity index is 631. The van der Waals surface area contributed by atoms with Crippen LogP contribution in [0.3, 0.4) is 0 Å². The first-order chi connectivity index (χ1) is 10.2. The fourth-order valence-electron chi connectivity index (χ4n) is 1.60. The monoisotopic (exact) mass is 291 g/mol. The van der Waals surface area contributed by atoms with Gasteiger partial charge < -0.3 is 18.6 Å². The van der Waals surface area contributed by atoms with Gasteiger partial charge in [-0.15, -0.1) is 0 Å². The third-order valence-electron chi connectivity index (χ3n) is 2.65. The Morgan fingerprint density at radius 3 is 2.48 bits per heavy atom. The van der Waals surface area contributed by atoms with E-state index < -0.39 is 11.9 Å². The van der Waals surface area contributed by atoms with Gasteiger partial charge in [0.2, 0.25) is 0 Å². The summed E-state index contributed by atoms with van der Waals surface area (Å²) in [6, 6.07) is 6.64. The summed E-state index contributed by atoms with van der Waals surface area (Å²) in [5.41, 5.74) is 0.735. The van der Waals surface area contributed by atoms with Gasteiger partial charge in [-0.3, -0.25) is 0 Å². The number of rotatable bonds is 5. The number of aromatic nitrogens is 1. The van der Waals surface area contributed by atoms with Gasteiger partial charge in [0.05, 0.1) is 14.2 Å². The predicted octanol–water partition coefficient (Wildman–Crippen LogP) is 1.68. The summed E-state index contributed by atoms with van der Waals surface area (Å²) in [5, 5.41) is 0. The van der Waals surface area contributed by atoms with Crippen LogP contribution in [0.4, 0.5) is 0 Å². The molecule has 7 nitrogen and oxygen atoms in total. The van der Waals surface area contributed by atoms with E-state index in [9.17, 15) is 9.59 Å². The molecule has 0 amide bonds. The second-order valence-corrected chi connectivity index (χ2v) is 3.91. The highest BCUT2D eigenvalue weighted by molar-refractivity contribution is 5.93.